The van der Waals surface area contributed by atoms with E-state index >= 15 is 0 Å². The van der Waals surface area contributed by atoms with Gasteiger partial charge in [-0.25, -0.2) is 0 Å². The molecule has 3 N–H and O–H groups in total. The van der Waals surface area contributed by atoms with Crippen LogP contribution in [0.5, 0.6) is 5.75 Å². The number of carbonyl (C=O) groups is 1. The molecule has 0 radical (unpaired) electrons. The molecule has 1 spiro atoms. The number of rotatable bonds is 0. The normalized spacial score (nSPS) is 21.5. The Labute approximate surface area is 100 Å². The summed E-state index contributed by atoms with van der Waals surface area (Å²) in [5.74, 6) is 0.286. The highest BCUT2D eigenvalue weighted by Gasteiger charge is 2.42. The largest absolute Gasteiger partial charge is 0.508 e. The summed E-state index contributed by atoms with van der Waals surface area (Å²) in [6, 6.07) is 4.98. The summed E-state index contributed by atoms with van der Waals surface area (Å²) in [4.78, 5) is 12.2. The Hall–Kier alpha value is -1.71. The van der Waals surface area contributed by atoms with Gasteiger partial charge in [0, 0.05) is 6.07 Å². The van der Waals surface area contributed by atoms with Crippen LogP contribution in [0.1, 0.15) is 32.1 Å². The molecule has 1 amide bonds. The Balaban J connectivity index is 1.98. The van der Waals surface area contributed by atoms with Gasteiger partial charge in [0.15, 0.2) is 0 Å². The number of nitrogens with one attached hydrogen (secondary N) is 2. The molecule has 0 atom stereocenters. The standard InChI is InChI=1S/C13H16N2O2/c16-9-4-5-10-11(8-9)15-13(12(17)14-10)6-2-1-3-7-13/h4-5,8,15-16H,1-3,6-7H2,(H,14,17). The van der Waals surface area contributed by atoms with Crippen LogP contribution in [0.2, 0.25) is 0 Å². The van der Waals surface area contributed by atoms with Crippen LogP contribution in [0, 0.1) is 0 Å². The third kappa shape index (κ3) is 1.64. The minimum atomic E-state index is -0.459. The second kappa shape index (κ2) is 3.65. The zero-order valence-electron chi connectivity index (χ0n) is 9.62. The predicted octanol–water partition coefficient (Wildman–Crippen LogP) is 2.46. The van der Waals surface area contributed by atoms with Gasteiger partial charge in [-0.3, -0.25) is 4.79 Å². The molecule has 4 nitrogen and oxygen atoms in total. The number of carbonyl (C=O) groups excluding carboxylic acids is 1. The number of anilines is 2. The number of hydrogen-bond acceptors (Lipinski definition) is 3. The SMILES string of the molecule is O=C1Nc2ccc(O)cc2NC12CCCCC2. The molecule has 1 fully saturated rings. The van der Waals surface area contributed by atoms with Crippen molar-refractivity contribution in [1.29, 1.82) is 0 Å². The molecule has 1 aromatic carbocycles. The number of phenolic OH excluding ortho intramolecular Hbond substituents is 1. The topological polar surface area (TPSA) is 61.4 Å². The number of phenols is 1. The summed E-state index contributed by atoms with van der Waals surface area (Å²) in [6.45, 7) is 0. The molecule has 1 saturated carbocycles. The summed E-state index contributed by atoms with van der Waals surface area (Å²) in [7, 11) is 0. The summed E-state index contributed by atoms with van der Waals surface area (Å²) >= 11 is 0. The first-order valence-corrected chi connectivity index (χ1v) is 6.12. The van der Waals surface area contributed by atoms with E-state index in [-0.39, 0.29) is 11.7 Å². The molecule has 1 aliphatic heterocycles. The van der Waals surface area contributed by atoms with E-state index in [1.165, 1.54) is 6.42 Å². The van der Waals surface area contributed by atoms with E-state index in [1.807, 2.05) is 0 Å². The minimum absolute atomic E-state index is 0.0652. The Kier molecular flexibility index (Phi) is 2.24. The highest BCUT2D eigenvalue weighted by Crippen LogP contribution is 2.39. The maximum absolute atomic E-state index is 12.2. The maximum atomic E-state index is 12.2. The van der Waals surface area contributed by atoms with E-state index in [4.69, 9.17) is 0 Å². The number of fused-ring (bicyclic) bond motifs is 1. The third-order valence-corrected chi connectivity index (χ3v) is 3.77. The van der Waals surface area contributed by atoms with E-state index < -0.39 is 5.54 Å². The molecule has 0 unspecified atom stereocenters. The lowest BCUT2D eigenvalue weighted by Crippen LogP contribution is -2.53. The molecule has 1 aliphatic carbocycles. The summed E-state index contributed by atoms with van der Waals surface area (Å²) in [6.07, 6.45) is 5.09. The van der Waals surface area contributed by atoms with Crippen molar-refractivity contribution in [2.24, 2.45) is 0 Å². The second-order valence-corrected chi connectivity index (χ2v) is 4.95. The van der Waals surface area contributed by atoms with Gasteiger partial charge in [-0.1, -0.05) is 19.3 Å². The summed E-state index contributed by atoms with van der Waals surface area (Å²) in [5, 5.41) is 15.8. The number of hydrogen-bond donors (Lipinski definition) is 3. The monoisotopic (exact) mass is 232 g/mol. The lowest BCUT2D eigenvalue weighted by atomic mass is 9.79. The van der Waals surface area contributed by atoms with Crippen molar-refractivity contribution in [3.8, 4) is 5.75 Å². The molecule has 3 rings (SSSR count). The molecule has 4 heteroatoms. The van der Waals surface area contributed by atoms with Gasteiger partial charge in [0.1, 0.15) is 11.3 Å². The fourth-order valence-electron chi connectivity index (χ4n) is 2.81. The van der Waals surface area contributed by atoms with Gasteiger partial charge in [-0.2, -0.15) is 0 Å². The van der Waals surface area contributed by atoms with Crippen LogP contribution in [0.4, 0.5) is 11.4 Å². The van der Waals surface area contributed by atoms with Crippen molar-refractivity contribution < 1.29 is 9.90 Å². The van der Waals surface area contributed by atoms with Crippen LogP contribution in [0.25, 0.3) is 0 Å². The molecular formula is C13H16N2O2. The van der Waals surface area contributed by atoms with Gasteiger partial charge in [0.2, 0.25) is 5.91 Å². The molecule has 1 heterocycles. The average molecular weight is 232 g/mol. The Morgan fingerprint density at radius 3 is 2.65 bits per heavy atom. The Morgan fingerprint density at radius 1 is 1.12 bits per heavy atom. The molecule has 1 aromatic rings. The maximum Gasteiger partial charge on any atom is 0.250 e. The van der Waals surface area contributed by atoms with Gasteiger partial charge in [0.05, 0.1) is 11.4 Å². The number of aromatic hydroxyl groups is 1. The van der Waals surface area contributed by atoms with E-state index in [9.17, 15) is 9.90 Å². The first-order valence-electron chi connectivity index (χ1n) is 6.12. The summed E-state index contributed by atoms with van der Waals surface area (Å²) in [5.41, 5.74) is 1.12. The number of amides is 1. The van der Waals surface area contributed by atoms with Crippen LogP contribution < -0.4 is 10.6 Å². The quantitative estimate of drug-likeness (QED) is 0.602. The second-order valence-electron chi connectivity index (χ2n) is 4.95. The van der Waals surface area contributed by atoms with Crippen LogP contribution >= 0.6 is 0 Å². The van der Waals surface area contributed by atoms with Crippen molar-refractivity contribution in [2.45, 2.75) is 37.6 Å². The van der Waals surface area contributed by atoms with Gasteiger partial charge in [0.25, 0.3) is 0 Å². The summed E-state index contributed by atoms with van der Waals surface area (Å²) < 4.78 is 0. The van der Waals surface area contributed by atoms with Crippen molar-refractivity contribution >= 4 is 17.3 Å². The van der Waals surface area contributed by atoms with Crippen LogP contribution in [-0.2, 0) is 4.79 Å². The van der Waals surface area contributed by atoms with Crippen LogP contribution in [0.3, 0.4) is 0 Å². The zero-order chi connectivity index (χ0) is 11.9. The molecular weight excluding hydrogens is 216 g/mol. The van der Waals surface area contributed by atoms with Gasteiger partial charge in [-0.05, 0) is 25.0 Å². The van der Waals surface area contributed by atoms with Gasteiger partial charge >= 0.3 is 0 Å². The first-order chi connectivity index (χ1) is 8.20. The lowest BCUT2D eigenvalue weighted by Gasteiger charge is -2.41. The van der Waals surface area contributed by atoms with E-state index in [0.29, 0.717) is 0 Å². The Morgan fingerprint density at radius 2 is 1.88 bits per heavy atom. The average Bonchev–Trinajstić information content (AvgIpc) is 2.32. The van der Waals surface area contributed by atoms with Gasteiger partial charge < -0.3 is 15.7 Å². The van der Waals surface area contributed by atoms with Crippen molar-refractivity contribution in [3.63, 3.8) is 0 Å². The van der Waals surface area contributed by atoms with Crippen molar-refractivity contribution in [1.82, 2.24) is 0 Å². The fourth-order valence-corrected chi connectivity index (χ4v) is 2.81. The number of benzene rings is 1. The zero-order valence-corrected chi connectivity index (χ0v) is 9.62. The smallest absolute Gasteiger partial charge is 0.250 e. The molecule has 2 aliphatic rings. The Bertz CT molecular complexity index is 464. The molecule has 0 aromatic heterocycles. The highest BCUT2D eigenvalue weighted by molar-refractivity contribution is 6.06. The molecule has 0 bridgehead atoms. The highest BCUT2D eigenvalue weighted by atomic mass is 16.3. The van der Waals surface area contributed by atoms with Crippen molar-refractivity contribution in [2.75, 3.05) is 10.6 Å². The third-order valence-electron chi connectivity index (χ3n) is 3.77. The van der Waals surface area contributed by atoms with Crippen LogP contribution in [-0.4, -0.2) is 16.6 Å². The van der Waals surface area contributed by atoms with Gasteiger partial charge in [-0.15, -0.1) is 0 Å². The van der Waals surface area contributed by atoms with Crippen LogP contribution in [0.15, 0.2) is 18.2 Å². The lowest BCUT2D eigenvalue weighted by molar-refractivity contribution is -0.121. The van der Waals surface area contributed by atoms with E-state index in [2.05, 4.69) is 10.6 Å². The predicted molar refractivity (Wildman–Crippen MR) is 66.2 cm³/mol. The first kappa shape index (κ1) is 10.4. The molecule has 17 heavy (non-hydrogen) atoms. The van der Waals surface area contributed by atoms with E-state index in [1.54, 1.807) is 18.2 Å². The minimum Gasteiger partial charge on any atom is -0.508 e. The molecule has 90 valence electrons. The fraction of sp³-hybridized carbons (Fsp3) is 0.462. The van der Waals surface area contributed by atoms with E-state index in [0.717, 1.165) is 37.1 Å². The molecule has 0 saturated heterocycles. The van der Waals surface area contributed by atoms with Crippen molar-refractivity contribution in [3.05, 3.63) is 18.2 Å².